The predicted molar refractivity (Wildman–Crippen MR) is 76.3 cm³/mol. The maximum Gasteiger partial charge on any atom is 0.243 e. The Labute approximate surface area is 120 Å². The molecule has 0 fully saturated rings. The SMILES string of the molecule is NNc1nc(NCc2ccccn2)nc(-n2ccnc2)n1. The van der Waals surface area contributed by atoms with E-state index >= 15 is 0 Å². The van der Waals surface area contributed by atoms with E-state index in [-0.39, 0.29) is 5.95 Å². The minimum atomic E-state index is 0.261. The van der Waals surface area contributed by atoms with Gasteiger partial charge in [-0.05, 0) is 12.1 Å². The minimum absolute atomic E-state index is 0.261. The molecule has 9 nitrogen and oxygen atoms in total. The van der Waals surface area contributed by atoms with Crippen LogP contribution >= 0.6 is 0 Å². The average molecular weight is 283 g/mol. The van der Waals surface area contributed by atoms with Crippen molar-refractivity contribution in [3.05, 3.63) is 48.8 Å². The highest BCUT2D eigenvalue weighted by Crippen LogP contribution is 2.09. The number of pyridine rings is 1. The van der Waals surface area contributed by atoms with Gasteiger partial charge in [0.1, 0.15) is 6.33 Å². The van der Waals surface area contributed by atoms with Crippen LogP contribution < -0.4 is 16.6 Å². The van der Waals surface area contributed by atoms with E-state index in [0.29, 0.717) is 18.4 Å². The van der Waals surface area contributed by atoms with Crippen LogP contribution in [-0.2, 0) is 6.54 Å². The van der Waals surface area contributed by atoms with Crippen molar-refractivity contribution in [1.29, 1.82) is 0 Å². The zero-order valence-electron chi connectivity index (χ0n) is 11.0. The highest BCUT2D eigenvalue weighted by atomic mass is 15.4. The third-order valence-corrected chi connectivity index (χ3v) is 2.64. The normalized spacial score (nSPS) is 10.3. The summed E-state index contributed by atoms with van der Waals surface area (Å²) in [6, 6.07) is 5.69. The summed E-state index contributed by atoms with van der Waals surface area (Å²) in [5.74, 6) is 6.45. The van der Waals surface area contributed by atoms with Crippen molar-refractivity contribution in [1.82, 2.24) is 29.5 Å². The first-order valence-corrected chi connectivity index (χ1v) is 6.20. The van der Waals surface area contributed by atoms with Gasteiger partial charge in [0.15, 0.2) is 0 Å². The predicted octanol–water partition coefficient (Wildman–Crippen LogP) is 0.350. The quantitative estimate of drug-likeness (QED) is 0.453. The Bertz CT molecular complexity index is 696. The van der Waals surface area contributed by atoms with Crippen LogP contribution in [0.15, 0.2) is 43.1 Å². The van der Waals surface area contributed by atoms with Crippen LogP contribution in [-0.4, -0.2) is 29.5 Å². The Kier molecular flexibility index (Phi) is 3.65. The smallest absolute Gasteiger partial charge is 0.243 e. The lowest BCUT2D eigenvalue weighted by Crippen LogP contribution is -2.15. The number of hydrazine groups is 1. The Balaban J connectivity index is 1.83. The first-order valence-electron chi connectivity index (χ1n) is 6.20. The standard InChI is InChI=1S/C12H13N9/c13-20-11-17-10(16-7-9-3-1-2-4-15-9)18-12(19-11)21-6-5-14-8-21/h1-6,8H,7,13H2,(H2,16,17,18,19,20). The van der Waals surface area contributed by atoms with Crippen LogP contribution in [0.4, 0.5) is 11.9 Å². The summed E-state index contributed by atoms with van der Waals surface area (Å²) in [7, 11) is 0. The molecule has 0 radical (unpaired) electrons. The highest BCUT2D eigenvalue weighted by molar-refractivity contribution is 5.37. The van der Waals surface area contributed by atoms with Gasteiger partial charge in [0, 0.05) is 18.6 Å². The van der Waals surface area contributed by atoms with Gasteiger partial charge >= 0.3 is 0 Å². The Morgan fingerprint density at radius 3 is 2.71 bits per heavy atom. The summed E-state index contributed by atoms with van der Waals surface area (Å²) in [6.45, 7) is 0.498. The Morgan fingerprint density at radius 2 is 2.00 bits per heavy atom. The zero-order chi connectivity index (χ0) is 14.5. The summed E-state index contributed by atoms with van der Waals surface area (Å²) < 4.78 is 1.66. The fraction of sp³-hybridized carbons (Fsp3) is 0.0833. The summed E-state index contributed by atoms with van der Waals surface area (Å²) in [5.41, 5.74) is 3.30. The van der Waals surface area contributed by atoms with Gasteiger partial charge < -0.3 is 5.32 Å². The van der Waals surface area contributed by atoms with Gasteiger partial charge in [-0.1, -0.05) is 6.07 Å². The molecule has 0 aliphatic heterocycles. The molecule has 0 aliphatic rings. The topological polar surface area (TPSA) is 119 Å². The van der Waals surface area contributed by atoms with Gasteiger partial charge in [-0.2, -0.15) is 15.0 Å². The highest BCUT2D eigenvalue weighted by Gasteiger charge is 2.07. The summed E-state index contributed by atoms with van der Waals surface area (Å²) in [4.78, 5) is 20.8. The first kappa shape index (κ1) is 12.9. The molecule has 0 saturated carbocycles. The van der Waals surface area contributed by atoms with Crippen molar-refractivity contribution in [3.8, 4) is 5.95 Å². The van der Waals surface area contributed by atoms with Crippen molar-refractivity contribution in [2.45, 2.75) is 6.54 Å². The fourth-order valence-electron chi connectivity index (χ4n) is 1.67. The molecule has 3 heterocycles. The van der Waals surface area contributed by atoms with Gasteiger partial charge in [-0.3, -0.25) is 15.0 Å². The summed E-state index contributed by atoms with van der Waals surface area (Å²) in [6.07, 6.45) is 6.70. The molecule has 0 unspecified atom stereocenters. The average Bonchev–Trinajstić information content (AvgIpc) is 3.08. The molecule has 3 aromatic rings. The Morgan fingerprint density at radius 1 is 1.10 bits per heavy atom. The molecule has 0 atom stereocenters. The molecule has 0 spiro atoms. The number of aromatic nitrogens is 6. The fourth-order valence-corrected chi connectivity index (χ4v) is 1.67. The van der Waals surface area contributed by atoms with Crippen LogP contribution in [0.5, 0.6) is 0 Å². The minimum Gasteiger partial charge on any atom is -0.348 e. The zero-order valence-corrected chi connectivity index (χ0v) is 11.0. The van der Waals surface area contributed by atoms with Crippen LogP contribution in [0, 0.1) is 0 Å². The van der Waals surface area contributed by atoms with Crippen molar-refractivity contribution >= 4 is 11.9 Å². The molecule has 0 aromatic carbocycles. The number of anilines is 2. The van der Waals surface area contributed by atoms with Crippen molar-refractivity contribution in [2.24, 2.45) is 5.84 Å². The number of nitrogens with zero attached hydrogens (tertiary/aromatic N) is 6. The number of nitrogens with two attached hydrogens (primary N) is 1. The van der Waals surface area contributed by atoms with Gasteiger partial charge in [-0.25, -0.2) is 10.8 Å². The van der Waals surface area contributed by atoms with Crippen LogP contribution in [0.25, 0.3) is 5.95 Å². The lowest BCUT2D eigenvalue weighted by molar-refractivity contribution is 0.884. The lowest BCUT2D eigenvalue weighted by atomic mass is 10.3. The molecule has 0 amide bonds. The van der Waals surface area contributed by atoms with Crippen LogP contribution in [0.3, 0.4) is 0 Å². The molecule has 21 heavy (non-hydrogen) atoms. The molecule has 3 aromatic heterocycles. The largest absolute Gasteiger partial charge is 0.348 e. The van der Waals surface area contributed by atoms with Crippen LogP contribution in [0.1, 0.15) is 5.69 Å². The number of hydrogen-bond donors (Lipinski definition) is 3. The maximum atomic E-state index is 5.38. The Hall–Kier alpha value is -3.07. The molecule has 0 aliphatic carbocycles. The molecule has 9 heteroatoms. The van der Waals surface area contributed by atoms with E-state index in [1.165, 1.54) is 0 Å². The summed E-state index contributed by atoms with van der Waals surface area (Å²) >= 11 is 0. The molecule has 4 N–H and O–H groups in total. The van der Waals surface area contributed by atoms with E-state index in [1.54, 1.807) is 29.5 Å². The van der Waals surface area contributed by atoms with Crippen molar-refractivity contribution in [2.75, 3.05) is 10.7 Å². The molecular formula is C12H13N9. The maximum absolute atomic E-state index is 5.38. The summed E-state index contributed by atoms with van der Waals surface area (Å²) in [5, 5.41) is 3.08. The molecule has 3 rings (SSSR count). The number of nitrogen functional groups attached to an aromatic ring is 1. The van der Waals surface area contributed by atoms with Crippen LogP contribution in [0.2, 0.25) is 0 Å². The number of rotatable bonds is 5. The van der Waals surface area contributed by atoms with E-state index in [1.807, 2.05) is 18.2 Å². The second-order valence-electron chi connectivity index (χ2n) is 4.07. The molecule has 106 valence electrons. The van der Waals surface area contributed by atoms with Crippen molar-refractivity contribution < 1.29 is 0 Å². The van der Waals surface area contributed by atoms with Gasteiger partial charge in [0.25, 0.3) is 0 Å². The monoisotopic (exact) mass is 283 g/mol. The van der Waals surface area contributed by atoms with Gasteiger partial charge in [-0.15, -0.1) is 0 Å². The molecular weight excluding hydrogens is 270 g/mol. The van der Waals surface area contributed by atoms with E-state index in [4.69, 9.17) is 5.84 Å². The third kappa shape index (κ3) is 3.09. The third-order valence-electron chi connectivity index (χ3n) is 2.64. The first-order chi connectivity index (χ1) is 10.3. The molecule has 0 saturated heterocycles. The number of imidazole rings is 1. The lowest BCUT2D eigenvalue weighted by Gasteiger charge is -2.08. The van der Waals surface area contributed by atoms with Gasteiger partial charge in [0.05, 0.1) is 12.2 Å². The number of hydrogen-bond acceptors (Lipinski definition) is 8. The van der Waals surface area contributed by atoms with E-state index in [2.05, 4.69) is 35.7 Å². The van der Waals surface area contributed by atoms with Crippen molar-refractivity contribution in [3.63, 3.8) is 0 Å². The van der Waals surface area contributed by atoms with Gasteiger partial charge in [0.2, 0.25) is 17.8 Å². The van der Waals surface area contributed by atoms with E-state index < -0.39 is 0 Å². The number of nitrogens with one attached hydrogen (secondary N) is 2. The second kappa shape index (κ2) is 5.92. The molecule has 0 bridgehead atoms. The van der Waals surface area contributed by atoms with E-state index in [0.717, 1.165) is 5.69 Å². The van der Waals surface area contributed by atoms with E-state index in [9.17, 15) is 0 Å². The second-order valence-corrected chi connectivity index (χ2v) is 4.07.